The largest absolute Gasteiger partial charge is 0.388 e. The maximum Gasteiger partial charge on any atom is 0.151 e. The highest BCUT2D eigenvalue weighted by atomic mass is 32.2. The molecule has 0 spiro atoms. The fourth-order valence-electron chi connectivity index (χ4n) is 1.21. The van der Waals surface area contributed by atoms with E-state index < -0.39 is 15.7 Å². The van der Waals surface area contributed by atoms with Gasteiger partial charge in [-0.15, -0.1) is 0 Å². The number of rotatable bonds is 3. The van der Waals surface area contributed by atoms with Crippen molar-refractivity contribution in [2.45, 2.75) is 5.75 Å². The van der Waals surface area contributed by atoms with Crippen molar-refractivity contribution in [2.75, 3.05) is 18.6 Å². The van der Waals surface area contributed by atoms with Crippen LogP contribution in [0.4, 0.5) is 10.1 Å². The Morgan fingerprint density at radius 3 is 2.57 bits per heavy atom. The quantitative estimate of drug-likeness (QED) is 0.832. The molecule has 0 saturated carbocycles. The van der Waals surface area contributed by atoms with Crippen molar-refractivity contribution >= 4 is 15.5 Å². The van der Waals surface area contributed by atoms with E-state index in [1.165, 1.54) is 18.2 Å². The number of benzene rings is 1. The second kappa shape index (κ2) is 3.96. The van der Waals surface area contributed by atoms with Crippen LogP contribution in [0, 0.1) is 5.82 Å². The molecule has 0 heterocycles. The lowest BCUT2D eigenvalue weighted by Gasteiger charge is -2.07. The minimum atomic E-state index is -3.13. The Hall–Kier alpha value is -1.10. The van der Waals surface area contributed by atoms with Gasteiger partial charge >= 0.3 is 0 Å². The molecule has 0 aliphatic rings. The molecule has 0 fully saturated rings. The zero-order chi connectivity index (χ0) is 10.8. The van der Waals surface area contributed by atoms with Crippen molar-refractivity contribution in [3.63, 3.8) is 0 Å². The van der Waals surface area contributed by atoms with Crippen molar-refractivity contribution in [1.82, 2.24) is 0 Å². The van der Waals surface area contributed by atoms with Crippen LogP contribution in [0.1, 0.15) is 5.56 Å². The number of anilines is 1. The highest BCUT2D eigenvalue weighted by molar-refractivity contribution is 7.89. The van der Waals surface area contributed by atoms with Gasteiger partial charge in [0, 0.05) is 19.0 Å². The van der Waals surface area contributed by atoms with E-state index in [0.717, 1.165) is 6.26 Å². The molecule has 0 aliphatic carbocycles. The average Bonchev–Trinajstić information content (AvgIpc) is 2.01. The van der Waals surface area contributed by atoms with Gasteiger partial charge in [-0.25, -0.2) is 12.8 Å². The van der Waals surface area contributed by atoms with Crippen LogP contribution in [0.25, 0.3) is 0 Å². The first-order chi connectivity index (χ1) is 6.42. The van der Waals surface area contributed by atoms with E-state index in [2.05, 4.69) is 5.32 Å². The van der Waals surface area contributed by atoms with Crippen LogP contribution >= 0.6 is 0 Å². The molecule has 78 valence electrons. The van der Waals surface area contributed by atoms with Gasteiger partial charge in [-0.3, -0.25) is 0 Å². The summed E-state index contributed by atoms with van der Waals surface area (Å²) in [6.07, 6.45) is 1.12. The summed E-state index contributed by atoms with van der Waals surface area (Å²) in [4.78, 5) is 0. The van der Waals surface area contributed by atoms with Crippen LogP contribution in [0.5, 0.6) is 0 Å². The highest BCUT2D eigenvalue weighted by Crippen LogP contribution is 2.18. The van der Waals surface area contributed by atoms with Gasteiger partial charge in [0.2, 0.25) is 0 Å². The minimum absolute atomic E-state index is 0.152. The standard InChI is InChI=1S/C9H12FNO2S/c1-11-9-4-3-8(10)5-7(9)6-14(2,12)13/h3-5,11H,6H2,1-2H3. The fraction of sp³-hybridized carbons (Fsp3) is 0.333. The Morgan fingerprint density at radius 1 is 1.43 bits per heavy atom. The maximum atomic E-state index is 12.8. The van der Waals surface area contributed by atoms with E-state index >= 15 is 0 Å². The van der Waals surface area contributed by atoms with Gasteiger partial charge in [0.1, 0.15) is 5.82 Å². The summed E-state index contributed by atoms with van der Waals surface area (Å²) in [7, 11) is -1.47. The zero-order valence-electron chi connectivity index (χ0n) is 8.04. The van der Waals surface area contributed by atoms with Crippen LogP contribution in [0.15, 0.2) is 18.2 Å². The van der Waals surface area contributed by atoms with Crippen LogP contribution in [-0.2, 0) is 15.6 Å². The summed E-state index contributed by atoms with van der Waals surface area (Å²) in [6.45, 7) is 0. The van der Waals surface area contributed by atoms with Crippen molar-refractivity contribution in [2.24, 2.45) is 0 Å². The van der Waals surface area contributed by atoms with Crippen molar-refractivity contribution in [1.29, 1.82) is 0 Å². The summed E-state index contributed by atoms with van der Waals surface area (Å²) >= 11 is 0. The molecule has 0 aromatic heterocycles. The van der Waals surface area contributed by atoms with Crippen LogP contribution in [0.3, 0.4) is 0 Å². The molecule has 0 atom stereocenters. The summed E-state index contributed by atoms with van der Waals surface area (Å²) < 4.78 is 34.9. The second-order valence-electron chi connectivity index (χ2n) is 3.12. The average molecular weight is 217 g/mol. The van der Waals surface area contributed by atoms with E-state index in [1.54, 1.807) is 7.05 Å². The summed E-state index contributed by atoms with van der Waals surface area (Å²) in [5.74, 6) is -0.580. The van der Waals surface area contributed by atoms with Gasteiger partial charge in [0.05, 0.1) is 5.75 Å². The minimum Gasteiger partial charge on any atom is -0.388 e. The van der Waals surface area contributed by atoms with Gasteiger partial charge in [-0.2, -0.15) is 0 Å². The molecule has 0 aliphatic heterocycles. The number of hydrogen-bond donors (Lipinski definition) is 1. The monoisotopic (exact) mass is 217 g/mol. The van der Waals surface area contributed by atoms with Crippen LogP contribution in [0.2, 0.25) is 0 Å². The summed E-state index contributed by atoms with van der Waals surface area (Å²) in [5.41, 5.74) is 1.09. The third-order valence-corrected chi connectivity index (χ3v) is 2.59. The van der Waals surface area contributed by atoms with E-state index in [4.69, 9.17) is 0 Å². The van der Waals surface area contributed by atoms with Crippen molar-refractivity contribution in [3.05, 3.63) is 29.6 Å². The lowest BCUT2D eigenvalue weighted by Crippen LogP contribution is -2.04. The van der Waals surface area contributed by atoms with Gasteiger partial charge in [0.15, 0.2) is 9.84 Å². The maximum absolute atomic E-state index is 12.8. The molecule has 3 nitrogen and oxygen atoms in total. The van der Waals surface area contributed by atoms with Gasteiger partial charge in [-0.1, -0.05) is 0 Å². The molecule has 0 unspecified atom stereocenters. The molecular formula is C9H12FNO2S. The normalized spacial score (nSPS) is 11.4. The highest BCUT2D eigenvalue weighted by Gasteiger charge is 2.09. The van der Waals surface area contributed by atoms with E-state index in [0.29, 0.717) is 11.3 Å². The molecule has 1 N–H and O–H groups in total. The Labute approximate surface area is 82.9 Å². The second-order valence-corrected chi connectivity index (χ2v) is 5.26. The Kier molecular flexibility index (Phi) is 3.10. The predicted molar refractivity (Wildman–Crippen MR) is 54.5 cm³/mol. The molecule has 0 amide bonds. The summed E-state index contributed by atoms with van der Waals surface area (Å²) in [5, 5.41) is 2.81. The number of halogens is 1. The first-order valence-corrected chi connectivity index (χ1v) is 6.12. The number of hydrogen-bond acceptors (Lipinski definition) is 3. The zero-order valence-corrected chi connectivity index (χ0v) is 8.86. The Morgan fingerprint density at radius 2 is 2.07 bits per heavy atom. The third kappa shape index (κ3) is 2.99. The van der Waals surface area contributed by atoms with Crippen molar-refractivity contribution in [3.8, 4) is 0 Å². The molecule has 0 bridgehead atoms. The van der Waals surface area contributed by atoms with E-state index in [1.807, 2.05) is 0 Å². The fourth-order valence-corrected chi connectivity index (χ4v) is 2.01. The Bertz CT molecular complexity index is 428. The molecule has 0 saturated heterocycles. The molecule has 1 rings (SSSR count). The summed E-state index contributed by atoms with van der Waals surface area (Å²) in [6, 6.07) is 4.04. The van der Waals surface area contributed by atoms with Gasteiger partial charge < -0.3 is 5.32 Å². The lowest BCUT2D eigenvalue weighted by molar-refractivity contribution is 0.600. The van der Waals surface area contributed by atoms with Crippen molar-refractivity contribution < 1.29 is 12.8 Å². The smallest absolute Gasteiger partial charge is 0.151 e. The molecule has 0 radical (unpaired) electrons. The lowest BCUT2D eigenvalue weighted by atomic mass is 10.2. The molecule has 5 heteroatoms. The third-order valence-electron chi connectivity index (χ3n) is 1.75. The topological polar surface area (TPSA) is 46.2 Å². The molecule has 1 aromatic rings. The molecule has 1 aromatic carbocycles. The SMILES string of the molecule is CNc1ccc(F)cc1CS(C)(=O)=O. The predicted octanol–water partition coefficient (Wildman–Crippen LogP) is 1.41. The molecular weight excluding hydrogens is 205 g/mol. The Balaban J connectivity index is 3.11. The molecule has 14 heavy (non-hydrogen) atoms. The van der Waals surface area contributed by atoms with Crippen LogP contribution < -0.4 is 5.32 Å². The number of nitrogens with one attached hydrogen (secondary N) is 1. The van der Waals surface area contributed by atoms with Gasteiger partial charge in [0.25, 0.3) is 0 Å². The van der Waals surface area contributed by atoms with Crippen LogP contribution in [-0.4, -0.2) is 21.7 Å². The number of sulfone groups is 1. The van der Waals surface area contributed by atoms with Gasteiger partial charge in [-0.05, 0) is 23.8 Å². The van der Waals surface area contributed by atoms with E-state index in [9.17, 15) is 12.8 Å². The first kappa shape index (κ1) is 11.0. The van der Waals surface area contributed by atoms with E-state index in [-0.39, 0.29) is 5.75 Å². The first-order valence-electron chi connectivity index (χ1n) is 4.06.